The van der Waals surface area contributed by atoms with E-state index >= 15 is 0 Å². The fraction of sp³-hybridized carbons (Fsp3) is 0.643. The lowest BCUT2D eigenvalue weighted by Crippen LogP contribution is -2.55. The number of rotatable bonds is 5. The van der Waals surface area contributed by atoms with Gasteiger partial charge in [-0.15, -0.1) is 6.42 Å². The second kappa shape index (κ2) is 7.09. The van der Waals surface area contributed by atoms with E-state index in [-0.39, 0.29) is 25.0 Å². The maximum Gasteiger partial charge on any atom is 0.308 e. The number of ether oxygens (including phenoxy) is 1. The molecular weight excluding hydrogens is 274 g/mol. The molecule has 1 aliphatic heterocycles. The van der Waals surface area contributed by atoms with Crippen LogP contribution in [0, 0.1) is 12.3 Å². The first-order valence-corrected chi connectivity index (χ1v) is 6.83. The molecule has 0 radical (unpaired) electrons. The summed E-state index contributed by atoms with van der Waals surface area (Å²) in [5.74, 6) is 1.06. The predicted molar refractivity (Wildman–Crippen MR) is 75.3 cm³/mol. The number of terminal acetylenes is 1. The lowest BCUT2D eigenvalue weighted by atomic mass is 10.2. The van der Waals surface area contributed by atoms with Crippen LogP contribution in [0.2, 0.25) is 0 Å². The number of nitrogens with zero attached hydrogens (tertiary/aromatic N) is 2. The van der Waals surface area contributed by atoms with Crippen LogP contribution in [-0.4, -0.2) is 52.5 Å². The Morgan fingerprint density at radius 2 is 2.24 bits per heavy atom. The highest BCUT2D eigenvalue weighted by molar-refractivity contribution is 5.87. The molecule has 0 aromatic carbocycles. The maximum absolute atomic E-state index is 12.1. The lowest BCUT2D eigenvalue weighted by molar-refractivity contribution is -0.167. The van der Waals surface area contributed by atoms with E-state index in [4.69, 9.17) is 16.9 Å². The van der Waals surface area contributed by atoms with E-state index in [2.05, 4.69) is 5.92 Å². The van der Waals surface area contributed by atoms with Gasteiger partial charge in [0.15, 0.2) is 0 Å². The number of carbonyl (C=O) groups is 3. The van der Waals surface area contributed by atoms with Crippen molar-refractivity contribution in [1.29, 1.82) is 0 Å². The Balaban J connectivity index is 2.99. The number of esters is 1. The Hall–Kier alpha value is -2.07. The van der Waals surface area contributed by atoms with Crippen molar-refractivity contribution in [3.8, 4) is 12.3 Å². The largest absolute Gasteiger partial charge is 0.466 e. The molecule has 3 unspecified atom stereocenters. The molecule has 1 heterocycles. The zero-order valence-electron chi connectivity index (χ0n) is 12.5. The lowest BCUT2D eigenvalue weighted by Gasteiger charge is -2.37. The summed E-state index contributed by atoms with van der Waals surface area (Å²) in [5.41, 5.74) is 5.72. The van der Waals surface area contributed by atoms with E-state index in [1.807, 2.05) is 0 Å². The monoisotopic (exact) mass is 295 g/mol. The highest BCUT2D eigenvalue weighted by atomic mass is 16.5. The van der Waals surface area contributed by atoms with Gasteiger partial charge in [0.2, 0.25) is 5.91 Å². The quantitative estimate of drug-likeness (QED) is 0.553. The van der Waals surface area contributed by atoms with Crippen LogP contribution in [0.4, 0.5) is 0 Å². The van der Waals surface area contributed by atoms with Crippen molar-refractivity contribution >= 4 is 17.8 Å². The van der Waals surface area contributed by atoms with Crippen LogP contribution in [0.25, 0.3) is 0 Å². The van der Waals surface area contributed by atoms with Crippen molar-refractivity contribution in [1.82, 2.24) is 10.0 Å². The molecule has 0 aliphatic carbocycles. The summed E-state index contributed by atoms with van der Waals surface area (Å²) in [6.07, 6.45) is 5.69. The summed E-state index contributed by atoms with van der Waals surface area (Å²) in [5, 5.41) is 2.40. The highest BCUT2D eigenvalue weighted by Gasteiger charge is 2.42. The Kier molecular flexibility index (Phi) is 5.73. The molecule has 116 valence electrons. The predicted octanol–water partition coefficient (Wildman–Crippen LogP) is -0.347. The third-order valence-electron chi connectivity index (χ3n) is 3.26. The van der Waals surface area contributed by atoms with E-state index in [9.17, 15) is 14.4 Å². The van der Waals surface area contributed by atoms with Gasteiger partial charge >= 0.3 is 5.97 Å². The molecule has 1 aliphatic rings. The van der Waals surface area contributed by atoms with Crippen molar-refractivity contribution in [3.05, 3.63) is 0 Å². The summed E-state index contributed by atoms with van der Waals surface area (Å²) in [7, 11) is 0. The smallest absolute Gasteiger partial charge is 0.308 e. The number of hydrazine groups is 1. The SMILES string of the molecule is C#CC(CC(=O)OCC)N(C(C)=O)N1C(=O)C(N)CC1C. The number of nitrogens with two attached hydrogens (primary N) is 1. The molecule has 1 saturated heterocycles. The molecule has 0 aromatic rings. The normalized spacial score (nSPS) is 22.6. The zero-order valence-corrected chi connectivity index (χ0v) is 12.5. The number of carbonyl (C=O) groups excluding carboxylic acids is 3. The first-order chi connectivity index (χ1) is 9.83. The minimum absolute atomic E-state index is 0.171. The van der Waals surface area contributed by atoms with Gasteiger partial charge in [0, 0.05) is 6.92 Å². The van der Waals surface area contributed by atoms with Crippen molar-refractivity contribution in [2.24, 2.45) is 5.73 Å². The average Bonchev–Trinajstić information content (AvgIpc) is 2.64. The van der Waals surface area contributed by atoms with Crippen LogP contribution >= 0.6 is 0 Å². The first kappa shape index (κ1) is 17.0. The topological polar surface area (TPSA) is 92.9 Å². The summed E-state index contributed by atoms with van der Waals surface area (Å²) < 4.78 is 4.84. The molecule has 7 heteroatoms. The number of amides is 2. The summed E-state index contributed by atoms with van der Waals surface area (Å²) in [6.45, 7) is 4.97. The van der Waals surface area contributed by atoms with Crippen molar-refractivity contribution in [3.63, 3.8) is 0 Å². The third-order valence-corrected chi connectivity index (χ3v) is 3.26. The van der Waals surface area contributed by atoms with Gasteiger partial charge < -0.3 is 10.5 Å². The van der Waals surface area contributed by atoms with Crippen molar-refractivity contribution in [2.45, 2.75) is 51.7 Å². The maximum atomic E-state index is 12.1. The Morgan fingerprint density at radius 3 is 2.62 bits per heavy atom. The molecule has 0 saturated carbocycles. The highest BCUT2D eigenvalue weighted by Crippen LogP contribution is 2.23. The molecule has 21 heavy (non-hydrogen) atoms. The van der Waals surface area contributed by atoms with Crippen LogP contribution in [0.15, 0.2) is 0 Å². The van der Waals surface area contributed by atoms with Crippen molar-refractivity contribution < 1.29 is 19.1 Å². The minimum Gasteiger partial charge on any atom is -0.466 e. The molecular formula is C14H21N3O4. The van der Waals surface area contributed by atoms with Crippen LogP contribution in [0.5, 0.6) is 0 Å². The Bertz CT molecular complexity index is 471. The van der Waals surface area contributed by atoms with Gasteiger partial charge in [-0.1, -0.05) is 5.92 Å². The van der Waals surface area contributed by atoms with Gasteiger partial charge in [-0.2, -0.15) is 0 Å². The molecule has 0 aromatic heterocycles. The van der Waals surface area contributed by atoms with E-state index < -0.39 is 24.0 Å². The van der Waals surface area contributed by atoms with Gasteiger partial charge in [-0.3, -0.25) is 14.4 Å². The fourth-order valence-corrected chi connectivity index (χ4v) is 2.39. The standard InChI is InChI=1S/C14H21N3O4/c1-5-11(8-13(19)21-6-2)17(10(4)18)16-9(3)7-12(15)14(16)20/h1,9,11-12H,6-8,15H2,2-4H3. The first-order valence-electron chi connectivity index (χ1n) is 6.83. The molecule has 0 spiro atoms. The van der Waals surface area contributed by atoms with Crippen LogP contribution in [-0.2, 0) is 19.1 Å². The molecule has 1 rings (SSSR count). The zero-order chi connectivity index (χ0) is 16.2. The van der Waals surface area contributed by atoms with Gasteiger partial charge in [0.1, 0.15) is 6.04 Å². The third kappa shape index (κ3) is 3.73. The average molecular weight is 295 g/mol. The summed E-state index contributed by atoms with van der Waals surface area (Å²) >= 11 is 0. The summed E-state index contributed by atoms with van der Waals surface area (Å²) in [4.78, 5) is 35.6. The molecule has 0 bridgehead atoms. The minimum atomic E-state index is -0.877. The van der Waals surface area contributed by atoms with Crippen LogP contribution < -0.4 is 5.73 Å². The van der Waals surface area contributed by atoms with Gasteiger partial charge in [0.25, 0.3) is 5.91 Å². The van der Waals surface area contributed by atoms with Gasteiger partial charge in [-0.25, -0.2) is 10.0 Å². The molecule has 2 amide bonds. The van der Waals surface area contributed by atoms with Crippen molar-refractivity contribution in [2.75, 3.05) is 6.61 Å². The molecule has 3 atom stereocenters. The second-order valence-electron chi connectivity index (χ2n) is 4.93. The van der Waals surface area contributed by atoms with Gasteiger partial charge in [0.05, 0.1) is 25.1 Å². The van der Waals surface area contributed by atoms with Crippen LogP contribution in [0.3, 0.4) is 0 Å². The molecule has 7 nitrogen and oxygen atoms in total. The molecule has 1 fully saturated rings. The number of hydrogen-bond acceptors (Lipinski definition) is 5. The fourth-order valence-electron chi connectivity index (χ4n) is 2.39. The van der Waals surface area contributed by atoms with Crippen LogP contribution in [0.1, 0.15) is 33.6 Å². The second-order valence-corrected chi connectivity index (χ2v) is 4.93. The van der Waals surface area contributed by atoms with E-state index in [0.717, 1.165) is 5.01 Å². The van der Waals surface area contributed by atoms with E-state index in [0.29, 0.717) is 6.42 Å². The number of hydrogen-bond donors (Lipinski definition) is 1. The Labute approximate surface area is 124 Å². The van der Waals surface area contributed by atoms with Gasteiger partial charge in [-0.05, 0) is 20.3 Å². The summed E-state index contributed by atoms with van der Waals surface area (Å²) in [6, 6.07) is -1.80. The van der Waals surface area contributed by atoms with E-state index in [1.54, 1.807) is 13.8 Å². The van der Waals surface area contributed by atoms with E-state index in [1.165, 1.54) is 11.9 Å². The molecule has 2 N–H and O–H groups in total. The Morgan fingerprint density at radius 1 is 1.62 bits per heavy atom.